The van der Waals surface area contributed by atoms with Gasteiger partial charge < -0.3 is 10.6 Å². The van der Waals surface area contributed by atoms with Gasteiger partial charge in [0.25, 0.3) is 0 Å². The number of carbonyl (C=O) groups is 1. The first-order valence-electron chi connectivity index (χ1n) is 10.6. The number of benzene rings is 2. The number of rotatable bonds is 7. The monoisotopic (exact) mass is 433 g/mol. The average Bonchev–Trinajstić information content (AvgIpc) is 3.32. The molecule has 6 nitrogen and oxygen atoms in total. The minimum absolute atomic E-state index is 0.185. The Kier molecular flexibility index (Phi) is 7.17. The molecule has 0 radical (unpaired) electrons. The van der Waals surface area contributed by atoms with E-state index in [2.05, 4.69) is 49.8 Å². The van der Waals surface area contributed by atoms with Crippen molar-refractivity contribution in [2.45, 2.75) is 35.9 Å². The van der Waals surface area contributed by atoms with Crippen LogP contribution in [0.15, 0.2) is 77.0 Å². The van der Waals surface area contributed by atoms with Gasteiger partial charge in [-0.3, -0.25) is 4.90 Å². The van der Waals surface area contributed by atoms with Crippen molar-refractivity contribution >= 4 is 23.5 Å². The van der Waals surface area contributed by atoms with E-state index in [1.807, 2.05) is 31.2 Å². The van der Waals surface area contributed by atoms with Crippen molar-refractivity contribution < 1.29 is 4.79 Å². The third kappa shape index (κ3) is 5.83. The summed E-state index contributed by atoms with van der Waals surface area (Å²) in [5, 5.41) is 6.76. The molecule has 2 aromatic carbocycles. The maximum absolute atomic E-state index is 12.6. The fourth-order valence-electron chi connectivity index (χ4n) is 3.83. The van der Waals surface area contributed by atoms with Crippen LogP contribution in [0.3, 0.4) is 0 Å². The highest BCUT2D eigenvalue weighted by atomic mass is 32.2. The number of amides is 2. The van der Waals surface area contributed by atoms with E-state index in [1.54, 1.807) is 18.5 Å². The summed E-state index contributed by atoms with van der Waals surface area (Å²) in [4.78, 5) is 24.6. The number of likely N-dealkylation sites (tertiary alicyclic amines) is 1. The van der Waals surface area contributed by atoms with Gasteiger partial charge in [-0.1, -0.05) is 30.3 Å². The van der Waals surface area contributed by atoms with E-state index >= 15 is 0 Å². The molecule has 1 fully saturated rings. The lowest BCUT2D eigenvalue weighted by Crippen LogP contribution is -2.38. The molecule has 0 spiro atoms. The Morgan fingerprint density at radius 3 is 2.52 bits per heavy atom. The molecule has 0 aliphatic carbocycles. The molecular weight excluding hydrogens is 406 g/mol. The molecule has 7 heteroatoms. The standard InChI is InChI=1S/C24H27N5OS/c1-18-16-20(31-24-25-12-7-13-26-24)10-11-21(18)28-23(30)27-17-22(29-14-5-6-15-29)19-8-3-2-4-9-19/h2-4,7-13,16,22H,5-6,14-15,17H2,1H3,(H2,27,28,30). The van der Waals surface area contributed by atoms with E-state index in [1.165, 1.54) is 30.2 Å². The van der Waals surface area contributed by atoms with Crippen molar-refractivity contribution in [1.82, 2.24) is 20.2 Å². The van der Waals surface area contributed by atoms with Gasteiger partial charge in [0.05, 0.1) is 6.04 Å². The van der Waals surface area contributed by atoms with Gasteiger partial charge in [0.2, 0.25) is 0 Å². The number of nitrogens with one attached hydrogen (secondary N) is 2. The lowest BCUT2D eigenvalue weighted by atomic mass is 10.1. The summed E-state index contributed by atoms with van der Waals surface area (Å²) in [6.07, 6.45) is 5.89. The summed E-state index contributed by atoms with van der Waals surface area (Å²) in [5.41, 5.74) is 3.04. The smallest absolute Gasteiger partial charge is 0.319 e. The Balaban J connectivity index is 1.36. The van der Waals surface area contributed by atoms with Crippen LogP contribution in [-0.4, -0.2) is 40.5 Å². The van der Waals surface area contributed by atoms with Crippen LogP contribution >= 0.6 is 11.8 Å². The van der Waals surface area contributed by atoms with Crippen molar-refractivity contribution in [3.63, 3.8) is 0 Å². The molecule has 31 heavy (non-hydrogen) atoms. The van der Waals surface area contributed by atoms with Gasteiger partial charge in [-0.15, -0.1) is 0 Å². The van der Waals surface area contributed by atoms with Crippen molar-refractivity contribution in [1.29, 1.82) is 0 Å². The first-order valence-corrected chi connectivity index (χ1v) is 11.4. The van der Waals surface area contributed by atoms with Crippen LogP contribution in [0.4, 0.5) is 10.5 Å². The Morgan fingerprint density at radius 2 is 1.81 bits per heavy atom. The normalized spacial score (nSPS) is 14.9. The maximum atomic E-state index is 12.6. The van der Waals surface area contributed by atoms with Gasteiger partial charge >= 0.3 is 6.03 Å². The van der Waals surface area contributed by atoms with Crippen molar-refractivity contribution in [2.24, 2.45) is 0 Å². The SMILES string of the molecule is Cc1cc(Sc2ncccn2)ccc1NC(=O)NCC(c1ccccc1)N1CCCC1. The molecule has 2 N–H and O–H groups in total. The van der Waals surface area contributed by atoms with Gasteiger partial charge in [-0.05, 0) is 80.0 Å². The summed E-state index contributed by atoms with van der Waals surface area (Å²) in [5.74, 6) is 0. The molecule has 0 bridgehead atoms. The quantitative estimate of drug-likeness (QED) is 0.519. The van der Waals surface area contributed by atoms with E-state index in [0.29, 0.717) is 11.7 Å². The largest absolute Gasteiger partial charge is 0.336 e. The number of aromatic nitrogens is 2. The first kappa shape index (κ1) is 21.3. The van der Waals surface area contributed by atoms with E-state index < -0.39 is 0 Å². The third-order valence-electron chi connectivity index (χ3n) is 5.42. The molecule has 0 saturated carbocycles. The number of urea groups is 1. The molecular formula is C24H27N5OS. The summed E-state index contributed by atoms with van der Waals surface area (Å²) in [7, 11) is 0. The van der Waals surface area contributed by atoms with E-state index in [9.17, 15) is 4.79 Å². The molecule has 2 heterocycles. The Hall–Kier alpha value is -2.90. The minimum Gasteiger partial charge on any atom is -0.336 e. The molecule has 2 amide bonds. The Morgan fingerprint density at radius 1 is 1.06 bits per heavy atom. The molecule has 1 atom stereocenters. The minimum atomic E-state index is -0.185. The van der Waals surface area contributed by atoms with Crippen LogP contribution in [0.25, 0.3) is 0 Å². The summed E-state index contributed by atoms with van der Waals surface area (Å²) in [6.45, 7) is 4.72. The molecule has 1 aliphatic rings. The van der Waals surface area contributed by atoms with Crippen LogP contribution in [0.1, 0.15) is 30.0 Å². The third-order valence-corrected chi connectivity index (χ3v) is 6.30. The summed E-state index contributed by atoms with van der Waals surface area (Å²) < 4.78 is 0. The number of nitrogens with zero attached hydrogens (tertiary/aromatic N) is 3. The second kappa shape index (κ2) is 10.4. The highest BCUT2D eigenvalue weighted by molar-refractivity contribution is 7.99. The highest BCUT2D eigenvalue weighted by Gasteiger charge is 2.23. The number of anilines is 1. The molecule has 1 unspecified atom stereocenters. The fraction of sp³-hybridized carbons (Fsp3) is 0.292. The first-order chi connectivity index (χ1) is 15.2. The number of hydrogen-bond donors (Lipinski definition) is 2. The second-order valence-corrected chi connectivity index (χ2v) is 8.66. The summed E-state index contributed by atoms with van der Waals surface area (Å²) in [6, 6.07) is 18.2. The van der Waals surface area contributed by atoms with Gasteiger partial charge in [0.15, 0.2) is 5.16 Å². The lowest BCUT2D eigenvalue weighted by molar-refractivity contribution is 0.227. The van der Waals surface area contributed by atoms with Crippen molar-refractivity contribution in [3.8, 4) is 0 Å². The van der Waals surface area contributed by atoms with Gasteiger partial charge in [0.1, 0.15) is 0 Å². The zero-order chi connectivity index (χ0) is 21.5. The predicted molar refractivity (Wildman–Crippen MR) is 124 cm³/mol. The number of hydrogen-bond acceptors (Lipinski definition) is 5. The van der Waals surface area contributed by atoms with Crippen molar-refractivity contribution in [2.75, 3.05) is 25.0 Å². The molecule has 1 saturated heterocycles. The van der Waals surface area contributed by atoms with E-state index in [0.717, 1.165) is 29.2 Å². The summed E-state index contributed by atoms with van der Waals surface area (Å²) >= 11 is 1.50. The Labute approximate surface area is 187 Å². The van der Waals surface area contributed by atoms with Crippen LogP contribution < -0.4 is 10.6 Å². The van der Waals surface area contributed by atoms with Gasteiger partial charge in [-0.2, -0.15) is 0 Å². The second-order valence-electron chi connectivity index (χ2n) is 7.61. The zero-order valence-electron chi connectivity index (χ0n) is 17.6. The van der Waals surface area contributed by atoms with Crippen LogP contribution in [-0.2, 0) is 0 Å². The van der Waals surface area contributed by atoms with E-state index in [4.69, 9.17) is 0 Å². The highest BCUT2D eigenvalue weighted by Crippen LogP contribution is 2.28. The van der Waals surface area contributed by atoms with Gasteiger partial charge in [-0.25, -0.2) is 14.8 Å². The topological polar surface area (TPSA) is 70.1 Å². The molecule has 160 valence electrons. The van der Waals surface area contributed by atoms with E-state index in [-0.39, 0.29) is 12.1 Å². The molecule has 3 aromatic rings. The fourth-order valence-corrected chi connectivity index (χ4v) is 4.64. The Bertz CT molecular complexity index is 993. The predicted octanol–water partition coefficient (Wildman–Crippen LogP) is 4.89. The van der Waals surface area contributed by atoms with Gasteiger partial charge in [0, 0.05) is 29.5 Å². The molecule has 1 aliphatic heterocycles. The van der Waals surface area contributed by atoms with Crippen LogP contribution in [0, 0.1) is 6.92 Å². The average molecular weight is 434 g/mol. The number of carbonyl (C=O) groups excluding carboxylic acids is 1. The zero-order valence-corrected chi connectivity index (χ0v) is 18.4. The maximum Gasteiger partial charge on any atom is 0.319 e. The number of aryl methyl sites for hydroxylation is 1. The van der Waals surface area contributed by atoms with Crippen molar-refractivity contribution in [3.05, 3.63) is 78.1 Å². The lowest BCUT2D eigenvalue weighted by Gasteiger charge is -2.28. The van der Waals surface area contributed by atoms with Crippen LogP contribution in [0.2, 0.25) is 0 Å². The molecule has 4 rings (SSSR count). The molecule has 1 aromatic heterocycles. The van der Waals surface area contributed by atoms with Crippen LogP contribution in [0.5, 0.6) is 0 Å².